The van der Waals surface area contributed by atoms with E-state index in [1.165, 1.54) is 4.57 Å². The molecule has 0 aliphatic heterocycles. The molecule has 5 nitrogen and oxygen atoms in total. The fourth-order valence-corrected chi connectivity index (χ4v) is 2.07. The van der Waals surface area contributed by atoms with E-state index in [0.717, 1.165) is 5.56 Å². The molecule has 116 valence electrons. The van der Waals surface area contributed by atoms with E-state index < -0.39 is 6.04 Å². The summed E-state index contributed by atoms with van der Waals surface area (Å²) in [6.07, 6.45) is 1.59. The van der Waals surface area contributed by atoms with Crippen LogP contribution < -0.4 is 15.6 Å². The Balaban J connectivity index is 2.18. The van der Waals surface area contributed by atoms with Crippen LogP contribution in [-0.4, -0.2) is 17.1 Å². The largest absolute Gasteiger partial charge is 0.488 e. The molecule has 5 heteroatoms. The lowest BCUT2D eigenvalue weighted by molar-refractivity contribution is -0.118. The third-order valence-corrected chi connectivity index (χ3v) is 3.36. The Hall–Kier alpha value is -2.56. The Morgan fingerprint density at radius 1 is 1.27 bits per heavy atom. The highest BCUT2D eigenvalue weighted by molar-refractivity contribution is 5.93. The topological polar surface area (TPSA) is 60.3 Å². The van der Waals surface area contributed by atoms with Crippen molar-refractivity contribution in [3.63, 3.8) is 0 Å². The molecular weight excluding hydrogens is 280 g/mol. The summed E-state index contributed by atoms with van der Waals surface area (Å²) in [6, 6.07) is 10.2. The molecule has 0 radical (unpaired) electrons. The van der Waals surface area contributed by atoms with Crippen LogP contribution in [0.15, 0.2) is 47.4 Å². The number of aryl methyl sites for hydroxylation is 1. The average molecular weight is 300 g/mol. The number of nitrogens with zero attached hydrogens (tertiary/aromatic N) is 1. The van der Waals surface area contributed by atoms with Crippen LogP contribution in [0.1, 0.15) is 25.5 Å². The Bertz CT molecular complexity index is 705. The van der Waals surface area contributed by atoms with E-state index in [0.29, 0.717) is 12.3 Å². The van der Waals surface area contributed by atoms with Crippen LogP contribution in [0.3, 0.4) is 0 Å². The summed E-state index contributed by atoms with van der Waals surface area (Å²) in [4.78, 5) is 24.6. The SMILES string of the molecule is CCOc1cccn(C(C)C(=O)Nc2ccc(C)cc2)c1=O. The predicted molar refractivity (Wildman–Crippen MR) is 86.4 cm³/mol. The molecule has 1 unspecified atom stereocenters. The Kier molecular flexibility index (Phi) is 4.99. The smallest absolute Gasteiger partial charge is 0.293 e. The second kappa shape index (κ2) is 6.93. The van der Waals surface area contributed by atoms with E-state index in [1.54, 1.807) is 25.3 Å². The first-order valence-electron chi connectivity index (χ1n) is 7.24. The summed E-state index contributed by atoms with van der Waals surface area (Å²) in [5.74, 6) is -0.000382. The normalized spacial score (nSPS) is 11.8. The van der Waals surface area contributed by atoms with E-state index in [-0.39, 0.29) is 17.2 Å². The van der Waals surface area contributed by atoms with Gasteiger partial charge in [-0.3, -0.25) is 9.59 Å². The maximum Gasteiger partial charge on any atom is 0.293 e. The van der Waals surface area contributed by atoms with Crippen molar-refractivity contribution in [2.75, 3.05) is 11.9 Å². The van der Waals surface area contributed by atoms with Crippen LogP contribution in [0.4, 0.5) is 5.69 Å². The molecule has 1 aromatic carbocycles. The van der Waals surface area contributed by atoms with Crippen molar-refractivity contribution in [3.8, 4) is 5.75 Å². The van der Waals surface area contributed by atoms with Gasteiger partial charge in [-0.25, -0.2) is 0 Å². The number of carbonyl (C=O) groups is 1. The van der Waals surface area contributed by atoms with E-state index in [4.69, 9.17) is 4.74 Å². The minimum Gasteiger partial charge on any atom is -0.488 e. The number of nitrogens with one attached hydrogen (secondary N) is 1. The zero-order chi connectivity index (χ0) is 16.1. The van der Waals surface area contributed by atoms with Gasteiger partial charge in [0.05, 0.1) is 6.61 Å². The number of hydrogen-bond acceptors (Lipinski definition) is 3. The molecule has 0 saturated heterocycles. The van der Waals surface area contributed by atoms with Gasteiger partial charge in [-0.15, -0.1) is 0 Å². The van der Waals surface area contributed by atoms with E-state index >= 15 is 0 Å². The lowest BCUT2D eigenvalue weighted by atomic mass is 10.2. The van der Waals surface area contributed by atoms with Crippen LogP contribution in [0.2, 0.25) is 0 Å². The molecule has 0 spiro atoms. The summed E-state index contributed by atoms with van der Waals surface area (Å²) >= 11 is 0. The summed E-state index contributed by atoms with van der Waals surface area (Å²) < 4.78 is 6.64. The molecule has 1 N–H and O–H groups in total. The third kappa shape index (κ3) is 3.55. The first kappa shape index (κ1) is 15.8. The van der Waals surface area contributed by atoms with E-state index in [9.17, 15) is 9.59 Å². The summed E-state index contributed by atoms with van der Waals surface area (Å²) in [7, 11) is 0. The van der Waals surface area contributed by atoms with Crippen molar-refractivity contribution in [1.29, 1.82) is 0 Å². The highest BCUT2D eigenvalue weighted by Gasteiger charge is 2.17. The van der Waals surface area contributed by atoms with Crippen LogP contribution in [0.25, 0.3) is 0 Å². The fourth-order valence-electron chi connectivity index (χ4n) is 2.07. The quantitative estimate of drug-likeness (QED) is 0.923. The average Bonchev–Trinajstić information content (AvgIpc) is 2.51. The van der Waals surface area contributed by atoms with Gasteiger partial charge in [-0.2, -0.15) is 0 Å². The predicted octanol–water partition coefficient (Wildman–Crippen LogP) is 2.76. The van der Waals surface area contributed by atoms with Crippen molar-refractivity contribution in [2.24, 2.45) is 0 Å². The van der Waals surface area contributed by atoms with Gasteiger partial charge in [0, 0.05) is 11.9 Å². The Labute approximate surface area is 129 Å². The van der Waals surface area contributed by atoms with Crippen LogP contribution in [-0.2, 0) is 4.79 Å². The molecule has 22 heavy (non-hydrogen) atoms. The summed E-state index contributed by atoms with van der Waals surface area (Å²) in [6.45, 7) is 5.88. The molecule has 1 atom stereocenters. The second-order valence-electron chi connectivity index (χ2n) is 5.05. The minimum absolute atomic E-state index is 0.250. The van der Waals surface area contributed by atoms with Crippen LogP contribution >= 0.6 is 0 Å². The lowest BCUT2D eigenvalue weighted by Gasteiger charge is -2.16. The summed E-state index contributed by atoms with van der Waals surface area (Å²) in [5.41, 5.74) is 1.51. The van der Waals surface area contributed by atoms with Gasteiger partial charge in [0.2, 0.25) is 5.91 Å². The molecule has 2 aromatic rings. The standard InChI is InChI=1S/C17H20N2O3/c1-4-22-15-6-5-11-19(17(15)21)13(3)16(20)18-14-9-7-12(2)8-10-14/h5-11,13H,4H2,1-3H3,(H,18,20). The van der Waals surface area contributed by atoms with Crippen molar-refractivity contribution in [2.45, 2.75) is 26.8 Å². The maximum absolute atomic E-state index is 12.3. The number of pyridine rings is 1. The zero-order valence-electron chi connectivity index (χ0n) is 13.0. The molecule has 1 heterocycles. The third-order valence-electron chi connectivity index (χ3n) is 3.36. The van der Waals surface area contributed by atoms with Crippen molar-refractivity contribution >= 4 is 11.6 Å². The van der Waals surface area contributed by atoms with Crippen LogP contribution in [0, 0.1) is 6.92 Å². The van der Waals surface area contributed by atoms with Crippen molar-refractivity contribution in [1.82, 2.24) is 4.57 Å². The molecule has 0 bridgehead atoms. The van der Waals surface area contributed by atoms with Gasteiger partial charge in [-0.05, 0) is 45.0 Å². The van der Waals surface area contributed by atoms with Gasteiger partial charge >= 0.3 is 0 Å². The number of benzene rings is 1. The summed E-state index contributed by atoms with van der Waals surface area (Å²) in [5, 5.41) is 2.81. The van der Waals surface area contributed by atoms with E-state index in [1.807, 2.05) is 38.1 Å². The Morgan fingerprint density at radius 2 is 1.95 bits per heavy atom. The van der Waals surface area contributed by atoms with Crippen molar-refractivity contribution < 1.29 is 9.53 Å². The number of amides is 1. The van der Waals surface area contributed by atoms with E-state index in [2.05, 4.69) is 5.32 Å². The van der Waals surface area contributed by atoms with Crippen molar-refractivity contribution in [3.05, 3.63) is 58.5 Å². The number of carbonyl (C=O) groups excluding carboxylic acids is 1. The molecule has 2 rings (SSSR count). The van der Waals surface area contributed by atoms with Gasteiger partial charge in [-0.1, -0.05) is 17.7 Å². The molecule has 1 aromatic heterocycles. The molecule has 0 saturated carbocycles. The molecule has 0 fully saturated rings. The second-order valence-corrected chi connectivity index (χ2v) is 5.05. The molecule has 1 amide bonds. The van der Waals surface area contributed by atoms with Crippen LogP contribution in [0.5, 0.6) is 5.75 Å². The number of hydrogen-bond donors (Lipinski definition) is 1. The number of anilines is 1. The lowest BCUT2D eigenvalue weighted by Crippen LogP contribution is -2.31. The molecule has 0 aliphatic rings. The molecular formula is C17H20N2O3. The minimum atomic E-state index is -0.630. The Morgan fingerprint density at radius 3 is 2.59 bits per heavy atom. The van der Waals surface area contributed by atoms with Gasteiger partial charge < -0.3 is 14.6 Å². The first-order valence-corrected chi connectivity index (χ1v) is 7.24. The van der Waals surface area contributed by atoms with Gasteiger partial charge in [0.25, 0.3) is 5.56 Å². The number of rotatable bonds is 5. The maximum atomic E-state index is 12.3. The first-order chi connectivity index (χ1) is 10.5. The monoisotopic (exact) mass is 300 g/mol. The van der Waals surface area contributed by atoms with Gasteiger partial charge in [0.15, 0.2) is 5.75 Å². The zero-order valence-corrected chi connectivity index (χ0v) is 13.0. The highest BCUT2D eigenvalue weighted by Crippen LogP contribution is 2.13. The number of aromatic nitrogens is 1. The highest BCUT2D eigenvalue weighted by atomic mass is 16.5. The molecule has 0 aliphatic carbocycles. The number of ether oxygens (including phenoxy) is 1. The fraction of sp³-hybridized carbons (Fsp3) is 0.294. The van der Waals surface area contributed by atoms with Gasteiger partial charge in [0.1, 0.15) is 6.04 Å².